The Morgan fingerprint density at radius 1 is 0.861 bits per heavy atom. The highest BCUT2D eigenvalue weighted by Crippen LogP contribution is 2.14. The first kappa shape index (κ1) is 30.6. The van der Waals surface area contributed by atoms with Crippen molar-refractivity contribution in [3.05, 3.63) is 71.8 Å². The number of nitrogens with two attached hydrogens (primary N) is 1. The Kier molecular flexibility index (Phi) is 13.2. The van der Waals surface area contributed by atoms with Gasteiger partial charge >= 0.3 is 18.0 Å². The summed E-state index contributed by atoms with van der Waals surface area (Å²) in [5, 5.41) is 29.3. The molecule has 0 spiro atoms. The third-order valence-corrected chi connectivity index (χ3v) is 4.93. The summed E-state index contributed by atoms with van der Waals surface area (Å²) in [7, 11) is 0. The molecule has 0 saturated carbocycles. The predicted molar refractivity (Wildman–Crippen MR) is 137 cm³/mol. The number of rotatable bonds is 11. The maximum atomic E-state index is 12.3. The van der Waals surface area contributed by atoms with Crippen LogP contribution in [0.3, 0.4) is 0 Å². The van der Waals surface area contributed by atoms with E-state index in [2.05, 4.69) is 5.32 Å². The maximum Gasteiger partial charge on any atom is 0.407 e. The molecule has 0 saturated heterocycles. The van der Waals surface area contributed by atoms with Crippen molar-refractivity contribution in [2.45, 2.75) is 76.7 Å². The number of carboxylic acid groups (broad SMARTS) is 2. The molecule has 0 radical (unpaired) electrons. The molecule has 0 aliphatic rings. The fourth-order valence-corrected chi connectivity index (χ4v) is 3.27. The molecule has 1 amide bonds. The van der Waals surface area contributed by atoms with E-state index in [-0.39, 0.29) is 18.9 Å². The van der Waals surface area contributed by atoms with Gasteiger partial charge in [0.1, 0.15) is 5.60 Å². The smallest absolute Gasteiger partial charge is 0.407 e. The van der Waals surface area contributed by atoms with Crippen molar-refractivity contribution in [3.8, 4) is 0 Å². The van der Waals surface area contributed by atoms with E-state index in [1.807, 2.05) is 81.4 Å². The minimum Gasteiger partial charge on any atom is -0.481 e. The van der Waals surface area contributed by atoms with E-state index >= 15 is 0 Å². The van der Waals surface area contributed by atoms with Gasteiger partial charge in [0.2, 0.25) is 0 Å². The molecule has 0 heterocycles. The Hall–Kier alpha value is -3.43. The number of ether oxygens (including phenoxy) is 1. The van der Waals surface area contributed by atoms with Crippen LogP contribution < -0.4 is 11.1 Å². The second kappa shape index (κ2) is 15.5. The van der Waals surface area contributed by atoms with E-state index < -0.39 is 35.8 Å². The molecule has 0 fully saturated rings. The Bertz CT molecular complexity index is 916. The van der Waals surface area contributed by atoms with Crippen molar-refractivity contribution in [1.29, 1.82) is 0 Å². The zero-order valence-electron chi connectivity index (χ0n) is 21.1. The monoisotopic (exact) mass is 502 g/mol. The van der Waals surface area contributed by atoms with E-state index in [1.54, 1.807) is 0 Å². The van der Waals surface area contributed by atoms with Crippen molar-refractivity contribution in [2.24, 2.45) is 5.73 Å². The SMILES string of the molecule is CC(C)(C)OC(=O)N[C@@H](Cc1ccccc1)C[C@H](O)[C@@H](N)Cc1ccccc1.O=C(O)CCC(=O)O. The molecule has 0 aliphatic heterocycles. The molecule has 2 rings (SSSR count). The van der Waals surface area contributed by atoms with Gasteiger partial charge in [0.05, 0.1) is 18.9 Å². The minimum atomic E-state index is -1.08. The van der Waals surface area contributed by atoms with Crippen molar-refractivity contribution >= 4 is 18.0 Å². The lowest BCUT2D eigenvalue weighted by Crippen LogP contribution is -2.46. The van der Waals surface area contributed by atoms with Crippen LogP contribution in [-0.2, 0) is 27.2 Å². The lowest BCUT2D eigenvalue weighted by molar-refractivity contribution is -0.143. The number of hydrogen-bond acceptors (Lipinski definition) is 6. The van der Waals surface area contributed by atoms with Gasteiger partial charge in [0.25, 0.3) is 0 Å². The largest absolute Gasteiger partial charge is 0.481 e. The van der Waals surface area contributed by atoms with Crippen LogP contribution >= 0.6 is 0 Å². The highest BCUT2D eigenvalue weighted by atomic mass is 16.6. The number of alkyl carbamates (subject to hydrolysis) is 1. The summed E-state index contributed by atoms with van der Waals surface area (Å²) >= 11 is 0. The summed E-state index contributed by atoms with van der Waals surface area (Å²) < 4.78 is 5.38. The average Bonchev–Trinajstić information content (AvgIpc) is 2.78. The Morgan fingerprint density at radius 2 is 1.31 bits per heavy atom. The first-order valence-corrected chi connectivity index (χ1v) is 11.8. The fraction of sp³-hybridized carbons (Fsp3) is 0.444. The van der Waals surface area contributed by atoms with Crippen molar-refractivity contribution in [3.63, 3.8) is 0 Å². The molecule has 9 nitrogen and oxygen atoms in total. The Morgan fingerprint density at radius 3 is 1.72 bits per heavy atom. The third-order valence-electron chi connectivity index (χ3n) is 4.93. The van der Waals surface area contributed by atoms with E-state index in [9.17, 15) is 19.5 Å². The van der Waals surface area contributed by atoms with Crippen LogP contribution in [0, 0.1) is 0 Å². The molecule has 198 valence electrons. The molecule has 9 heteroatoms. The molecule has 0 unspecified atom stereocenters. The average molecular weight is 503 g/mol. The lowest BCUT2D eigenvalue weighted by atomic mass is 9.94. The van der Waals surface area contributed by atoms with Crippen LogP contribution in [0.1, 0.15) is 51.2 Å². The predicted octanol–water partition coefficient (Wildman–Crippen LogP) is 3.38. The Labute approximate surface area is 212 Å². The van der Waals surface area contributed by atoms with Crippen molar-refractivity contribution in [2.75, 3.05) is 0 Å². The van der Waals surface area contributed by atoms with Crippen LogP contribution in [0.4, 0.5) is 4.79 Å². The molecule has 3 atom stereocenters. The first-order valence-electron chi connectivity index (χ1n) is 11.8. The first-order chi connectivity index (χ1) is 16.9. The molecule has 6 N–H and O–H groups in total. The third kappa shape index (κ3) is 14.7. The molecule has 0 bridgehead atoms. The van der Waals surface area contributed by atoms with Gasteiger partial charge in [-0.1, -0.05) is 60.7 Å². The number of nitrogens with one attached hydrogen (secondary N) is 1. The summed E-state index contributed by atoms with van der Waals surface area (Å²) in [6, 6.07) is 19.0. The van der Waals surface area contributed by atoms with Gasteiger partial charge in [-0.3, -0.25) is 9.59 Å². The molecule has 0 aromatic heterocycles. The number of amides is 1. The summed E-state index contributed by atoms with van der Waals surface area (Å²) in [6.07, 6.45) is -0.310. The Balaban J connectivity index is 0.000000697. The van der Waals surface area contributed by atoms with Gasteiger partial charge in [-0.15, -0.1) is 0 Å². The number of benzene rings is 2. The van der Waals surface area contributed by atoms with E-state index in [0.29, 0.717) is 19.3 Å². The van der Waals surface area contributed by atoms with Crippen LogP contribution in [0.25, 0.3) is 0 Å². The van der Waals surface area contributed by atoms with Crippen LogP contribution in [0.15, 0.2) is 60.7 Å². The van der Waals surface area contributed by atoms with Crippen LogP contribution in [-0.4, -0.2) is 57.1 Å². The highest BCUT2D eigenvalue weighted by molar-refractivity contribution is 5.75. The number of hydrogen-bond donors (Lipinski definition) is 5. The van der Waals surface area contributed by atoms with Crippen molar-refractivity contribution in [1.82, 2.24) is 5.32 Å². The number of aliphatic hydroxyl groups excluding tert-OH is 1. The molecular formula is C27H38N2O7. The van der Waals surface area contributed by atoms with Crippen LogP contribution in [0.2, 0.25) is 0 Å². The van der Waals surface area contributed by atoms with Gasteiger partial charge in [0.15, 0.2) is 0 Å². The topological polar surface area (TPSA) is 159 Å². The number of carbonyl (C=O) groups is 3. The van der Waals surface area contributed by atoms with Gasteiger partial charge in [-0.25, -0.2) is 4.79 Å². The number of aliphatic carboxylic acids is 2. The standard InChI is InChI=1S/C23H32N2O3.C4H6O4/c1-23(2,3)28-22(27)25-19(14-17-10-6-4-7-11-17)16-21(26)20(24)15-18-12-8-5-9-13-18;5-3(6)1-2-4(7)8/h4-13,19-21,26H,14-16,24H2,1-3H3,(H,25,27);1-2H2,(H,5,6)(H,7,8)/t19-,20-,21-;/m0./s1. The minimum absolute atomic E-state index is 0.283. The molecule has 2 aromatic rings. The zero-order valence-corrected chi connectivity index (χ0v) is 21.1. The van der Waals surface area contributed by atoms with E-state index in [4.69, 9.17) is 20.7 Å². The number of carbonyl (C=O) groups excluding carboxylic acids is 1. The quantitative estimate of drug-likeness (QED) is 0.313. The van der Waals surface area contributed by atoms with Gasteiger partial charge in [-0.05, 0) is 51.2 Å². The summed E-state index contributed by atoms with van der Waals surface area (Å²) in [5.74, 6) is -2.15. The molecular weight excluding hydrogens is 464 g/mol. The van der Waals surface area contributed by atoms with Crippen molar-refractivity contribution < 1.29 is 34.4 Å². The lowest BCUT2D eigenvalue weighted by Gasteiger charge is -2.27. The molecule has 2 aromatic carbocycles. The fourth-order valence-electron chi connectivity index (χ4n) is 3.27. The summed E-state index contributed by atoms with van der Waals surface area (Å²) in [6.45, 7) is 5.47. The molecule has 36 heavy (non-hydrogen) atoms. The van der Waals surface area contributed by atoms with Crippen LogP contribution in [0.5, 0.6) is 0 Å². The highest BCUT2D eigenvalue weighted by Gasteiger charge is 2.24. The second-order valence-electron chi connectivity index (χ2n) is 9.48. The number of carboxylic acids is 2. The second-order valence-corrected chi connectivity index (χ2v) is 9.48. The number of aliphatic hydroxyl groups is 1. The van der Waals surface area contributed by atoms with E-state index in [0.717, 1.165) is 11.1 Å². The van der Waals surface area contributed by atoms with Gasteiger partial charge < -0.3 is 31.1 Å². The van der Waals surface area contributed by atoms with Gasteiger partial charge in [0, 0.05) is 12.1 Å². The summed E-state index contributed by atoms with van der Waals surface area (Å²) in [5.41, 5.74) is 7.80. The zero-order chi connectivity index (χ0) is 27.1. The normalized spacial score (nSPS) is 13.4. The maximum absolute atomic E-state index is 12.3. The summed E-state index contributed by atoms with van der Waals surface area (Å²) in [4.78, 5) is 31.5. The van der Waals surface area contributed by atoms with Gasteiger partial charge in [-0.2, -0.15) is 0 Å². The van der Waals surface area contributed by atoms with E-state index in [1.165, 1.54) is 0 Å². The molecule has 0 aliphatic carbocycles.